The van der Waals surface area contributed by atoms with Gasteiger partial charge in [0.2, 0.25) is 0 Å². The van der Waals surface area contributed by atoms with Crippen LogP contribution in [0.2, 0.25) is 0 Å². The first-order valence-electron chi connectivity index (χ1n) is 13.2. The second kappa shape index (κ2) is 9.37. The molecule has 2 aromatic heterocycles. The predicted molar refractivity (Wildman–Crippen MR) is 150 cm³/mol. The van der Waals surface area contributed by atoms with E-state index in [4.69, 9.17) is 9.73 Å². The van der Waals surface area contributed by atoms with Crippen LogP contribution in [0.25, 0.3) is 23.2 Å². The van der Waals surface area contributed by atoms with E-state index >= 15 is 0 Å². The van der Waals surface area contributed by atoms with Crippen molar-refractivity contribution in [3.63, 3.8) is 0 Å². The number of H-pyrrole nitrogens is 1. The number of aromatic amines is 1. The number of aryl methyl sites for hydroxylation is 2. The van der Waals surface area contributed by atoms with E-state index in [2.05, 4.69) is 9.98 Å². The number of carbonyl (C=O) groups excluding carboxylic acids is 1. The highest BCUT2D eigenvalue weighted by molar-refractivity contribution is 5.97. The molecule has 0 fully saturated rings. The van der Waals surface area contributed by atoms with Gasteiger partial charge in [-0.3, -0.25) is 4.79 Å². The average molecular weight is 536 g/mol. The second-order valence-electron chi connectivity index (χ2n) is 10.2. The number of aliphatic imine (C=N–C) groups is 1. The van der Waals surface area contributed by atoms with Crippen molar-refractivity contribution in [2.24, 2.45) is 17.0 Å². The molecular formula is C31H26FN5O3. The monoisotopic (exact) mass is 535 g/mol. The molecule has 7 rings (SSSR count). The molecule has 0 radical (unpaired) electrons. The highest BCUT2D eigenvalue weighted by atomic mass is 19.1. The lowest BCUT2D eigenvalue weighted by Crippen LogP contribution is -2.39. The Morgan fingerprint density at radius 3 is 2.90 bits per heavy atom. The van der Waals surface area contributed by atoms with Crippen LogP contribution in [-0.2, 0) is 24.7 Å². The van der Waals surface area contributed by atoms with E-state index < -0.39 is 0 Å². The quantitative estimate of drug-likeness (QED) is 0.422. The van der Waals surface area contributed by atoms with Gasteiger partial charge in [-0.25, -0.2) is 14.4 Å². The van der Waals surface area contributed by atoms with Crippen LogP contribution in [0.1, 0.15) is 23.1 Å². The van der Waals surface area contributed by atoms with Crippen LogP contribution in [0.5, 0.6) is 11.6 Å². The summed E-state index contributed by atoms with van der Waals surface area (Å²) in [7, 11) is 1.88. The number of hydrogen-bond donors (Lipinski definition) is 2. The van der Waals surface area contributed by atoms with E-state index in [9.17, 15) is 14.3 Å². The largest absolute Gasteiger partial charge is 0.494 e. The number of hydrogen-bond acceptors (Lipinski definition) is 5. The lowest BCUT2D eigenvalue weighted by atomic mass is 10.0. The molecule has 0 saturated heterocycles. The van der Waals surface area contributed by atoms with Crippen molar-refractivity contribution < 1.29 is 19.0 Å². The Hall–Kier alpha value is -4.92. The summed E-state index contributed by atoms with van der Waals surface area (Å²) in [6, 6.07) is 13.9. The van der Waals surface area contributed by atoms with Gasteiger partial charge in [-0.1, -0.05) is 12.1 Å². The number of ether oxygens (including phenoxy) is 1. The van der Waals surface area contributed by atoms with Crippen LogP contribution in [0.15, 0.2) is 64.7 Å². The van der Waals surface area contributed by atoms with Gasteiger partial charge in [-0.2, -0.15) is 0 Å². The standard InChI is InChI=1S/C31H26FN5O3/c1-36-12-10-23(34-26(38)16-18-4-9-25-19(15-18)3-2-14-40-25)22-17-33-30-27-24(35-31(39)28(27)29(22)36)11-13-37(30)21-7-5-20(32)6-8-21/h4-12,15,17,35,39H,2-3,13-14,16H2,1H3. The number of fused-ring (bicyclic) bond motifs is 3. The molecule has 8 nitrogen and oxygen atoms in total. The van der Waals surface area contributed by atoms with E-state index in [1.807, 2.05) is 47.0 Å². The summed E-state index contributed by atoms with van der Waals surface area (Å²) in [4.78, 5) is 27.5. The molecule has 2 N–H and O–H groups in total. The van der Waals surface area contributed by atoms with E-state index in [-0.39, 0.29) is 24.0 Å². The first-order valence-corrected chi connectivity index (χ1v) is 13.2. The van der Waals surface area contributed by atoms with Crippen LogP contribution in [0, 0.1) is 5.82 Å². The molecule has 0 spiro atoms. The minimum atomic E-state index is -0.321. The molecular weight excluding hydrogens is 509 g/mol. The molecule has 0 aliphatic carbocycles. The summed E-state index contributed by atoms with van der Waals surface area (Å²) in [5.41, 5.74) is 4.65. The fourth-order valence-electron chi connectivity index (χ4n) is 5.70. The number of aromatic hydroxyl groups is 1. The van der Waals surface area contributed by atoms with Crippen molar-refractivity contribution in [2.45, 2.75) is 19.3 Å². The number of aromatic nitrogens is 2. The molecule has 1 amide bonds. The fraction of sp³-hybridized carbons (Fsp3) is 0.194. The lowest BCUT2D eigenvalue weighted by Gasteiger charge is -2.25. The molecule has 0 atom stereocenters. The molecule has 5 heterocycles. The zero-order chi connectivity index (χ0) is 27.4. The van der Waals surface area contributed by atoms with Crippen LogP contribution >= 0.6 is 0 Å². The first kappa shape index (κ1) is 24.1. The summed E-state index contributed by atoms with van der Waals surface area (Å²) in [6.45, 7) is 1.20. The van der Waals surface area contributed by atoms with Crippen molar-refractivity contribution in [1.29, 1.82) is 0 Å². The van der Waals surface area contributed by atoms with Crippen molar-refractivity contribution in [3.8, 4) is 22.9 Å². The number of nitrogens with one attached hydrogen (secondary N) is 1. The van der Waals surface area contributed by atoms with Gasteiger partial charge in [0.05, 0.1) is 40.2 Å². The summed E-state index contributed by atoms with van der Waals surface area (Å²) < 4.78 is 21.2. The Kier molecular flexibility index (Phi) is 5.66. The number of halogens is 1. The van der Waals surface area contributed by atoms with Crippen LogP contribution in [0.4, 0.5) is 10.1 Å². The predicted octanol–water partition coefficient (Wildman–Crippen LogP) is 2.66. The zero-order valence-electron chi connectivity index (χ0n) is 21.8. The van der Waals surface area contributed by atoms with Crippen molar-refractivity contribution in [1.82, 2.24) is 9.55 Å². The van der Waals surface area contributed by atoms with Gasteiger partial charge in [0.15, 0.2) is 5.88 Å². The average Bonchev–Trinajstić information content (AvgIpc) is 3.16. The number of amides is 1. The lowest BCUT2D eigenvalue weighted by molar-refractivity contribution is -0.117. The molecule has 40 heavy (non-hydrogen) atoms. The maximum absolute atomic E-state index is 13.7. The van der Waals surface area contributed by atoms with Gasteiger partial charge in [-0.05, 0) is 66.4 Å². The molecule has 0 saturated carbocycles. The summed E-state index contributed by atoms with van der Waals surface area (Å²) in [6.07, 6.45) is 7.54. The molecule has 0 bridgehead atoms. The molecule has 2 aromatic carbocycles. The normalized spacial score (nSPS) is 15.5. The van der Waals surface area contributed by atoms with Crippen molar-refractivity contribution >= 4 is 29.7 Å². The molecule has 3 aliphatic rings. The molecule has 0 unspecified atom stereocenters. The topological polar surface area (TPSA) is 95.2 Å². The van der Waals surface area contributed by atoms with E-state index in [0.29, 0.717) is 34.5 Å². The molecule has 200 valence electrons. The summed E-state index contributed by atoms with van der Waals surface area (Å²) in [5.74, 6) is 0.898. The van der Waals surface area contributed by atoms with E-state index in [1.54, 1.807) is 24.4 Å². The number of anilines is 1. The Labute approximate surface area is 228 Å². The van der Waals surface area contributed by atoms with E-state index in [0.717, 1.165) is 52.6 Å². The number of nitrogens with zero attached hydrogens (tertiary/aromatic N) is 4. The second-order valence-corrected chi connectivity index (χ2v) is 10.2. The number of benzene rings is 2. The highest BCUT2D eigenvalue weighted by Crippen LogP contribution is 2.30. The van der Waals surface area contributed by atoms with Crippen molar-refractivity contribution in [2.75, 3.05) is 18.1 Å². The third-order valence-corrected chi connectivity index (χ3v) is 7.57. The zero-order valence-corrected chi connectivity index (χ0v) is 21.8. The van der Waals surface area contributed by atoms with Gasteiger partial charge in [-0.15, -0.1) is 0 Å². The number of carbonyl (C=O) groups is 1. The van der Waals surface area contributed by atoms with Gasteiger partial charge in [0.25, 0.3) is 5.91 Å². The van der Waals surface area contributed by atoms with Gasteiger partial charge >= 0.3 is 0 Å². The third-order valence-electron chi connectivity index (χ3n) is 7.57. The Morgan fingerprint density at radius 1 is 1.20 bits per heavy atom. The highest BCUT2D eigenvalue weighted by Gasteiger charge is 2.27. The third kappa shape index (κ3) is 4.02. The SMILES string of the molecule is Cn1ccc(=NC(=O)Cc2ccc3c(c2)CCCO3)c2c1-c1c(O)[nH]c3c1=C(N=C2)N(c1ccc(F)cc1)CC=3. The van der Waals surface area contributed by atoms with Gasteiger partial charge in [0.1, 0.15) is 17.4 Å². The summed E-state index contributed by atoms with van der Waals surface area (Å²) >= 11 is 0. The molecule has 4 aromatic rings. The Morgan fingerprint density at radius 2 is 2.05 bits per heavy atom. The smallest absolute Gasteiger partial charge is 0.250 e. The maximum Gasteiger partial charge on any atom is 0.250 e. The number of pyridine rings is 1. The fourth-order valence-corrected chi connectivity index (χ4v) is 5.70. The van der Waals surface area contributed by atoms with Crippen LogP contribution in [0.3, 0.4) is 0 Å². The Bertz CT molecular complexity index is 1920. The minimum absolute atomic E-state index is 0.00168. The minimum Gasteiger partial charge on any atom is -0.494 e. The first-order chi connectivity index (χ1) is 19.5. The Balaban J connectivity index is 1.33. The molecule has 9 heteroatoms. The summed E-state index contributed by atoms with van der Waals surface area (Å²) in [5, 5.41) is 13.0. The van der Waals surface area contributed by atoms with Gasteiger partial charge in [0, 0.05) is 37.3 Å². The molecule has 3 aliphatic heterocycles. The van der Waals surface area contributed by atoms with Crippen molar-refractivity contribution in [3.05, 3.63) is 93.2 Å². The number of rotatable bonds is 3. The van der Waals surface area contributed by atoms with Crippen LogP contribution < -0.4 is 25.6 Å². The van der Waals surface area contributed by atoms with Crippen LogP contribution in [-0.4, -0.2) is 39.9 Å². The van der Waals surface area contributed by atoms with Gasteiger partial charge < -0.3 is 24.3 Å². The maximum atomic E-state index is 13.7. The van der Waals surface area contributed by atoms with E-state index in [1.165, 1.54) is 12.1 Å².